The van der Waals surface area contributed by atoms with Gasteiger partial charge in [-0.1, -0.05) is 0 Å². The summed E-state index contributed by atoms with van der Waals surface area (Å²) in [6.45, 7) is 1.43. The molecule has 1 fully saturated rings. The van der Waals surface area contributed by atoms with Crippen molar-refractivity contribution >= 4 is 5.69 Å². The molecule has 0 unspecified atom stereocenters. The van der Waals surface area contributed by atoms with Crippen molar-refractivity contribution in [2.45, 2.75) is 63.8 Å². The molecule has 1 heterocycles. The third-order valence-corrected chi connectivity index (χ3v) is 5.03. The molecule has 4 nitrogen and oxygen atoms in total. The van der Waals surface area contributed by atoms with E-state index in [-0.39, 0.29) is 24.6 Å². The van der Waals surface area contributed by atoms with Gasteiger partial charge in [-0.05, 0) is 50.8 Å². The lowest BCUT2D eigenvalue weighted by Crippen LogP contribution is -2.30. The predicted octanol–water partition coefficient (Wildman–Crippen LogP) is 6.51. The van der Waals surface area contributed by atoms with Gasteiger partial charge in [0.05, 0.1) is 16.8 Å². The molecule has 0 spiro atoms. The summed E-state index contributed by atoms with van der Waals surface area (Å²) in [5, 5.41) is 0. The van der Waals surface area contributed by atoms with Crippen LogP contribution in [0.2, 0.25) is 0 Å². The van der Waals surface area contributed by atoms with E-state index >= 15 is 0 Å². The highest BCUT2D eigenvalue weighted by atomic mass is 19.4. The number of alkyl halides is 9. The molecule has 182 valence electrons. The number of nitrogens with zero attached hydrogens (tertiary/aromatic N) is 3. The summed E-state index contributed by atoms with van der Waals surface area (Å²) < 4.78 is 126. The van der Waals surface area contributed by atoms with Gasteiger partial charge in [0.1, 0.15) is 6.10 Å². The van der Waals surface area contributed by atoms with E-state index < -0.39 is 46.7 Å². The second-order valence-corrected chi connectivity index (χ2v) is 7.39. The zero-order valence-electron chi connectivity index (χ0n) is 17.1. The molecule has 0 N–H and O–H groups in total. The molecular weight excluding hydrogens is 469 g/mol. The molecule has 1 aromatic heterocycles. The van der Waals surface area contributed by atoms with E-state index in [1.165, 1.54) is 6.92 Å². The second-order valence-electron chi connectivity index (χ2n) is 7.39. The molecule has 0 bridgehead atoms. The van der Waals surface area contributed by atoms with Crippen LogP contribution in [-0.4, -0.2) is 15.7 Å². The van der Waals surface area contributed by atoms with Crippen molar-refractivity contribution in [2.24, 2.45) is 4.99 Å². The summed E-state index contributed by atoms with van der Waals surface area (Å²) in [6.07, 6.45) is -12.8. The lowest BCUT2D eigenvalue weighted by atomic mass is 10.1. The smallest absolute Gasteiger partial charge is 0.433 e. The normalized spacial score (nSPS) is 16.5. The monoisotopic (exact) mass is 487 g/mol. The zero-order chi connectivity index (χ0) is 24.6. The van der Waals surface area contributed by atoms with Crippen molar-refractivity contribution in [1.82, 2.24) is 9.55 Å². The van der Waals surface area contributed by atoms with Gasteiger partial charge in [-0.3, -0.25) is 4.57 Å². The minimum Gasteiger partial charge on any atom is -0.475 e. The van der Waals surface area contributed by atoms with Crippen LogP contribution >= 0.6 is 0 Å². The van der Waals surface area contributed by atoms with Crippen molar-refractivity contribution < 1.29 is 44.3 Å². The Bertz CT molecular complexity index is 1060. The van der Waals surface area contributed by atoms with Crippen LogP contribution in [0.25, 0.3) is 0 Å². The number of hydrogen-bond donors (Lipinski definition) is 0. The van der Waals surface area contributed by atoms with Gasteiger partial charge >= 0.3 is 18.5 Å². The molecule has 0 atom stereocenters. The highest BCUT2D eigenvalue weighted by Crippen LogP contribution is 2.40. The first-order chi connectivity index (χ1) is 15.2. The summed E-state index contributed by atoms with van der Waals surface area (Å²) >= 11 is 0. The fourth-order valence-electron chi connectivity index (χ4n) is 3.44. The van der Waals surface area contributed by atoms with E-state index in [0.717, 1.165) is 17.4 Å². The van der Waals surface area contributed by atoms with Crippen LogP contribution in [-0.2, 0) is 25.1 Å². The van der Waals surface area contributed by atoms with E-state index in [4.69, 9.17) is 4.74 Å². The Balaban J connectivity index is 2.25. The first kappa shape index (κ1) is 24.9. The number of ether oxygens (including phenoxy) is 1. The molecule has 1 aliphatic carbocycles. The molecule has 33 heavy (non-hydrogen) atoms. The van der Waals surface area contributed by atoms with Crippen LogP contribution in [0.15, 0.2) is 29.3 Å². The Labute approximate surface area is 181 Å². The summed E-state index contributed by atoms with van der Waals surface area (Å²) in [5.41, 5.74) is -6.54. The van der Waals surface area contributed by atoms with Gasteiger partial charge in [-0.15, -0.1) is 0 Å². The lowest BCUT2D eigenvalue weighted by molar-refractivity contribution is -0.143. The SMILES string of the molecule is CCn1c(OC2CCCC2)cc(C(F)(F)F)nc1=Nc1ccc(C(F)(F)F)cc1C(F)(F)F. The van der Waals surface area contributed by atoms with Crippen molar-refractivity contribution in [2.75, 3.05) is 0 Å². The highest BCUT2D eigenvalue weighted by Gasteiger charge is 2.39. The van der Waals surface area contributed by atoms with Crippen LogP contribution in [0.4, 0.5) is 45.2 Å². The Morgan fingerprint density at radius 3 is 2.09 bits per heavy atom. The number of aromatic nitrogens is 2. The van der Waals surface area contributed by atoms with E-state index in [1.807, 2.05) is 0 Å². The molecule has 0 saturated heterocycles. The molecule has 2 aromatic rings. The zero-order valence-corrected chi connectivity index (χ0v) is 17.1. The van der Waals surface area contributed by atoms with Gasteiger partial charge in [0.25, 0.3) is 0 Å². The first-order valence-electron chi connectivity index (χ1n) is 9.89. The van der Waals surface area contributed by atoms with Gasteiger partial charge in [0, 0.05) is 12.6 Å². The van der Waals surface area contributed by atoms with Crippen molar-refractivity contribution in [3.63, 3.8) is 0 Å². The minimum atomic E-state index is -5.25. The summed E-state index contributed by atoms with van der Waals surface area (Å²) in [5.74, 6) is -0.286. The van der Waals surface area contributed by atoms with Gasteiger partial charge in [-0.25, -0.2) is 9.98 Å². The van der Waals surface area contributed by atoms with Crippen LogP contribution in [0.1, 0.15) is 49.4 Å². The molecule has 3 rings (SSSR count). The Morgan fingerprint density at radius 1 is 0.939 bits per heavy atom. The molecule has 1 saturated carbocycles. The summed E-state index contributed by atoms with van der Waals surface area (Å²) in [6, 6.07) is 1.32. The predicted molar refractivity (Wildman–Crippen MR) is 97.5 cm³/mol. The van der Waals surface area contributed by atoms with Gasteiger partial charge in [0.15, 0.2) is 11.6 Å². The maximum Gasteiger partial charge on any atom is 0.433 e. The number of halogens is 9. The largest absolute Gasteiger partial charge is 0.475 e. The number of rotatable bonds is 4. The molecule has 1 aromatic carbocycles. The number of benzene rings is 1. The topological polar surface area (TPSA) is 39.4 Å². The van der Waals surface area contributed by atoms with Crippen molar-refractivity contribution in [1.29, 1.82) is 0 Å². The molecule has 13 heteroatoms. The molecule has 1 aliphatic rings. The third kappa shape index (κ3) is 5.80. The quantitative estimate of drug-likeness (QED) is 0.461. The average molecular weight is 487 g/mol. The van der Waals surface area contributed by atoms with Crippen molar-refractivity contribution in [3.8, 4) is 5.88 Å². The average Bonchev–Trinajstić information content (AvgIpc) is 3.18. The fraction of sp³-hybridized carbons (Fsp3) is 0.500. The van der Waals surface area contributed by atoms with Gasteiger partial charge in [0.2, 0.25) is 5.62 Å². The Hall–Kier alpha value is -2.73. The summed E-state index contributed by atoms with van der Waals surface area (Å²) in [4.78, 5) is 6.94. The van der Waals surface area contributed by atoms with E-state index in [1.54, 1.807) is 0 Å². The second kappa shape index (κ2) is 8.90. The lowest BCUT2D eigenvalue weighted by Gasteiger charge is -2.19. The Morgan fingerprint density at radius 2 is 1.58 bits per heavy atom. The molecular formula is C20H18F9N3O. The van der Waals surface area contributed by atoms with Gasteiger partial charge in [-0.2, -0.15) is 39.5 Å². The number of hydrogen-bond acceptors (Lipinski definition) is 3. The summed E-state index contributed by atoms with van der Waals surface area (Å²) in [7, 11) is 0. The van der Waals surface area contributed by atoms with E-state index in [0.29, 0.717) is 31.0 Å². The van der Waals surface area contributed by atoms with Crippen molar-refractivity contribution in [3.05, 3.63) is 46.7 Å². The van der Waals surface area contributed by atoms with Crippen LogP contribution in [0.3, 0.4) is 0 Å². The van der Waals surface area contributed by atoms with Gasteiger partial charge < -0.3 is 4.74 Å². The maximum absolute atomic E-state index is 13.5. The molecule has 0 radical (unpaired) electrons. The standard InChI is InChI=1S/C20H18F9N3O/c1-2-32-16(33-12-5-3-4-6-12)10-15(20(27,28)29)31-17(32)30-14-8-7-11(18(21,22)23)9-13(14)19(24,25)26/h7-10,12H,2-6H2,1H3. The fourth-order valence-corrected chi connectivity index (χ4v) is 3.44. The minimum absolute atomic E-state index is 0.0615. The van der Waals surface area contributed by atoms with E-state index in [9.17, 15) is 39.5 Å². The first-order valence-corrected chi connectivity index (χ1v) is 9.89. The Kier molecular flexibility index (Phi) is 6.72. The van der Waals surface area contributed by atoms with E-state index in [2.05, 4.69) is 9.98 Å². The van der Waals surface area contributed by atoms with Crippen LogP contribution < -0.4 is 10.4 Å². The molecule has 0 aliphatic heterocycles. The maximum atomic E-state index is 13.5. The third-order valence-electron chi connectivity index (χ3n) is 5.03. The van der Waals surface area contributed by atoms with Crippen LogP contribution in [0.5, 0.6) is 5.88 Å². The van der Waals surface area contributed by atoms with Crippen LogP contribution in [0, 0.1) is 0 Å². The molecule has 0 amide bonds. The highest BCUT2D eigenvalue weighted by molar-refractivity contribution is 5.50.